The number of aromatic hydroxyl groups is 1. The van der Waals surface area contributed by atoms with E-state index in [4.69, 9.17) is 4.74 Å². The van der Waals surface area contributed by atoms with Crippen LogP contribution in [0.1, 0.15) is 31.0 Å². The Labute approximate surface area is 101 Å². The molecule has 4 heteroatoms. The molecule has 0 spiro atoms. The molecule has 1 N–H and O–H groups in total. The van der Waals surface area contributed by atoms with Gasteiger partial charge in [0.2, 0.25) is 6.41 Å². The average Bonchev–Trinajstić information content (AvgIpc) is 2.28. The first-order valence-corrected chi connectivity index (χ1v) is 5.71. The van der Waals surface area contributed by atoms with Crippen molar-refractivity contribution in [2.75, 3.05) is 7.11 Å². The van der Waals surface area contributed by atoms with Crippen LogP contribution in [0.5, 0.6) is 11.5 Å². The lowest BCUT2D eigenvalue weighted by atomic mass is 9.89. The fourth-order valence-corrected chi connectivity index (χ4v) is 2.59. The van der Waals surface area contributed by atoms with Gasteiger partial charge in [-0.1, -0.05) is 0 Å². The van der Waals surface area contributed by atoms with Gasteiger partial charge in [0.1, 0.15) is 11.5 Å². The zero-order chi connectivity index (χ0) is 12.6. The molecule has 2 rings (SSSR count). The minimum absolute atomic E-state index is 0.0999. The Balaban J connectivity index is 2.52. The molecule has 0 radical (unpaired) electrons. The molecule has 92 valence electrons. The number of rotatable bonds is 2. The zero-order valence-corrected chi connectivity index (χ0v) is 10.3. The van der Waals surface area contributed by atoms with Crippen molar-refractivity contribution in [3.8, 4) is 11.5 Å². The second-order valence-corrected chi connectivity index (χ2v) is 4.50. The maximum Gasteiger partial charge on any atom is 0.210 e. The Morgan fingerprint density at radius 3 is 2.76 bits per heavy atom. The number of benzene rings is 1. The smallest absolute Gasteiger partial charge is 0.210 e. The molecule has 1 aromatic carbocycles. The van der Waals surface area contributed by atoms with Crippen LogP contribution in [0.2, 0.25) is 0 Å². The predicted octanol–water partition coefficient (Wildman–Crippen LogP) is 1.86. The number of hydrogen-bond donors (Lipinski definition) is 1. The minimum atomic E-state index is -0.0999. The van der Waals surface area contributed by atoms with Gasteiger partial charge in [0, 0.05) is 17.7 Å². The van der Waals surface area contributed by atoms with E-state index < -0.39 is 0 Å². The van der Waals surface area contributed by atoms with Gasteiger partial charge in [-0.2, -0.15) is 0 Å². The lowest BCUT2D eigenvalue weighted by molar-refractivity contribution is -0.122. The van der Waals surface area contributed by atoms with Gasteiger partial charge in [0.15, 0.2) is 0 Å². The molecule has 0 aromatic heterocycles. The number of phenols is 1. The van der Waals surface area contributed by atoms with Crippen LogP contribution in [0, 0.1) is 0 Å². The number of carbonyl (C=O) groups is 1. The van der Waals surface area contributed by atoms with Crippen LogP contribution in [0.4, 0.5) is 0 Å². The van der Waals surface area contributed by atoms with Crippen LogP contribution >= 0.6 is 0 Å². The van der Waals surface area contributed by atoms with Crippen molar-refractivity contribution in [3.63, 3.8) is 0 Å². The second-order valence-electron chi connectivity index (χ2n) is 4.50. The standard InChI is InChI=1S/C13H17NO3/c1-8-4-10-5-11(17-3)6-12(16)13(10)9(2)14(8)7-15/h5-9,16H,4H2,1-3H3/t8-,9-/m0/s1. The number of nitrogens with zero attached hydrogens (tertiary/aromatic N) is 1. The van der Waals surface area contributed by atoms with Crippen LogP contribution in [0.15, 0.2) is 12.1 Å². The molecule has 1 amide bonds. The summed E-state index contributed by atoms with van der Waals surface area (Å²) in [5, 5.41) is 10.0. The van der Waals surface area contributed by atoms with Crippen molar-refractivity contribution in [3.05, 3.63) is 23.3 Å². The molecule has 17 heavy (non-hydrogen) atoms. The van der Waals surface area contributed by atoms with Gasteiger partial charge in [-0.15, -0.1) is 0 Å². The summed E-state index contributed by atoms with van der Waals surface area (Å²) in [6, 6.07) is 3.57. The predicted molar refractivity (Wildman–Crippen MR) is 64.1 cm³/mol. The maximum absolute atomic E-state index is 11.0. The summed E-state index contributed by atoms with van der Waals surface area (Å²) < 4.78 is 5.14. The van der Waals surface area contributed by atoms with E-state index in [1.54, 1.807) is 18.1 Å². The van der Waals surface area contributed by atoms with Crippen molar-refractivity contribution in [2.24, 2.45) is 0 Å². The summed E-state index contributed by atoms with van der Waals surface area (Å²) >= 11 is 0. The Morgan fingerprint density at radius 2 is 2.18 bits per heavy atom. The molecule has 1 heterocycles. The van der Waals surface area contributed by atoms with Crippen LogP contribution in [-0.4, -0.2) is 29.6 Å². The average molecular weight is 235 g/mol. The van der Waals surface area contributed by atoms with Crippen LogP contribution < -0.4 is 4.74 Å². The highest BCUT2D eigenvalue weighted by Gasteiger charge is 2.30. The monoisotopic (exact) mass is 235 g/mol. The Bertz CT molecular complexity index is 445. The van der Waals surface area contributed by atoms with E-state index in [0.717, 1.165) is 24.0 Å². The molecule has 2 atom stereocenters. The Morgan fingerprint density at radius 1 is 1.47 bits per heavy atom. The summed E-state index contributed by atoms with van der Waals surface area (Å²) in [6.45, 7) is 3.93. The van der Waals surface area contributed by atoms with Crippen LogP contribution in [0.25, 0.3) is 0 Å². The number of amides is 1. The van der Waals surface area contributed by atoms with Gasteiger partial charge in [0.05, 0.1) is 13.2 Å². The quantitative estimate of drug-likeness (QED) is 0.796. The first-order chi connectivity index (χ1) is 8.08. The Hall–Kier alpha value is -1.71. The van der Waals surface area contributed by atoms with Gasteiger partial charge in [-0.3, -0.25) is 4.79 Å². The van der Waals surface area contributed by atoms with Gasteiger partial charge >= 0.3 is 0 Å². The molecule has 0 fully saturated rings. The molecule has 1 aliphatic heterocycles. The zero-order valence-electron chi connectivity index (χ0n) is 10.3. The molecular formula is C13H17NO3. The number of methoxy groups -OCH3 is 1. The van der Waals surface area contributed by atoms with E-state index in [9.17, 15) is 9.90 Å². The Kier molecular flexibility index (Phi) is 2.96. The number of hydrogen-bond acceptors (Lipinski definition) is 3. The lowest BCUT2D eigenvalue weighted by Gasteiger charge is -2.38. The largest absolute Gasteiger partial charge is 0.507 e. The summed E-state index contributed by atoms with van der Waals surface area (Å²) in [5.41, 5.74) is 1.89. The van der Waals surface area contributed by atoms with E-state index in [1.807, 2.05) is 19.9 Å². The first-order valence-electron chi connectivity index (χ1n) is 5.71. The number of carbonyl (C=O) groups excluding carboxylic acids is 1. The third-order valence-corrected chi connectivity index (χ3v) is 3.46. The number of phenolic OH excluding ortho intramolecular Hbond substituents is 1. The summed E-state index contributed by atoms with van der Waals surface area (Å²) in [6.07, 6.45) is 1.59. The molecule has 0 saturated carbocycles. The SMILES string of the molecule is COc1cc(O)c2c(c1)C[C@H](C)N(C=O)[C@H]2C. The van der Waals surface area contributed by atoms with Crippen LogP contribution in [0.3, 0.4) is 0 Å². The van der Waals surface area contributed by atoms with Crippen molar-refractivity contribution in [1.82, 2.24) is 4.90 Å². The minimum Gasteiger partial charge on any atom is -0.507 e. The van der Waals surface area contributed by atoms with E-state index in [2.05, 4.69) is 0 Å². The molecule has 1 aromatic rings. The molecule has 0 aliphatic carbocycles. The fourth-order valence-electron chi connectivity index (χ4n) is 2.59. The van der Waals surface area contributed by atoms with Gasteiger partial charge in [0.25, 0.3) is 0 Å². The number of ether oxygens (including phenoxy) is 1. The number of fused-ring (bicyclic) bond motifs is 1. The third kappa shape index (κ3) is 1.84. The molecular weight excluding hydrogens is 218 g/mol. The van der Waals surface area contributed by atoms with E-state index in [1.165, 1.54) is 0 Å². The molecule has 1 aliphatic rings. The summed E-state index contributed by atoms with van der Waals surface area (Å²) in [5.74, 6) is 0.853. The highest BCUT2D eigenvalue weighted by molar-refractivity contribution is 5.56. The van der Waals surface area contributed by atoms with Gasteiger partial charge in [-0.25, -0.2) is 0 Å². The van der Waals surface area contributed by atoms with Crippen LogP contribution in [-0.2, 0) is 11.2 Å². The van der Waals surface area contributed by atoms with E-state index >= 15 is 0 Å². The van der Waals surface area contributed by atoms with Gasteiger partial charge < -0.3 is 14.7 Å². The van der Waals surface area contributed by atoms with Crippen molar-refractivity contribution < 1.29 is 14.6 Å². The van der Waals surface area contributed by atoms with Crippen molar-refractivity contribution in [2.45, 2.75) is 32.4 Å². The molecule has 0 saturated heterocycles. The third-order valence-electron chi connectivity index (χ3n) is 3.46. The normalized spacial score (nSPS) is 23.1. The molecule has 4 nitrogen and oxygen atoms in total. The highest BCUT2D eigenvalue weighted by Crippen LogP contribution is 2.39. The summed E-state index contributed by atoms with van der Waals surface area (Å²) in [4.78, 5) is 12.8. The lowest BCUT2D eigenvalue weighted by Crippen LogP contribution is -2.40. The topological polar surface area (TPSA) is 49.8 Å². The van der Waals surface area contributed by atoms with E-state index in [0.29, 0.717) is 5.75 Å². The summed E-state index contributed by atoms with van der Waals surface area (Å²) in [7, 11) is 1.58. The van der Waals surface area contributed by atoms with Crippen molar-refractivity contribution in [1.29, 1.82) is 0 Å². The second kappa shape index (κ2) is 4.28. The molecule has 0 bridgehead atoms. The molecule has 0 unspecified atom stereocenters. The first kappa shape index (κ1) is 11.8. The maximum atomic E-state index is 11.0. The highest BCUT2D eigenvalue weighted by atomic mass is 16.5. The fraction of sp³-hybridized carbons (Fsp3) is 0.462. The van der Waals surface area contributed by atoms with Gasteiger partial charge in [-0.05, 0) is 31.9 Å². The van der Waals surface area contributed by atoms with Crippen molar-refractivity contribution >= 4 is 6.41 Å². The van der Waals surface area contributed by atoms with E-state index in [-0.39, 0.29) is 17.8 Å².